The molecule has 7 heteroatoms. The summed E-state index contributed by atoms with van der Waals surface area (Å²) in [7, 11) is 0. The molecule has 1 aromatic heterocycles. The van der Waals surface area contributed by atoms with Crippen molar-refractivity contribution >= 4 is 22.7 Å². The van der Waals surface area contributed by atoms with Gasteiger partial charge in [0.1, 0.15) is 0 Å². The first-order valence-corrected chi connectivity index (χ1v) is 6.12. The third kappa shape index (κ3) is 3.25. The lowest BCUT2D eigenvalue weighted by atomic mass is 10.2. The monoisotopic (exact) mass is 264 g/mol. The molecular formula is C11H12N4O2S. The normalized spacial score (nSPS) is 10.1. The van der Waals surface area contributed by atoms with Gasteiger partial charge in [-0.25, -0.2) is 4.79 Å². The van der Waals surface area contributed by atoms with Gasteiger partial charge >= 0.3 is 6.03 Å². The first-order valence-electron chi connectivity index (χ1n) is 5.34. The molecule has 0 saturated heterocycles. The Kier molecular flexibility index (Phi) is 4.21. The van der Waals surface area contributed by atoms with E-state index in [0.29, 0.717) is 11.0 Å². The van der Waals surface area contributed by atoms with Crippen LogP contribution in [0.4, 0.5) is 9.93 Å². The van der Waals surface area contributed by atoms with Crippen LogP contribution in [0, 0.1) is 0 Å². The Bertz CT molecular complexity index is 515. The van der Waals surface area contributed by atoms with Crippen LogP contribution in [0.25, 0.3) is 11.4 Å². The molecule has 0 aliphatic carbocycles. The van der Waals surface area contributed by atoms with Gasteiger partial charge < -0.3 is 10.4 Å². The van der Waals surface area contributed by atoms with Gasteiger partial charge in [0.25, 0.3) is 0 Å². The summed E-state index contributed by atoms with van der Waals surface area (Å²) in [6, 6.07) is 9.11. The predicted molar refractivity (Wildman–Crippen MR) is 69.5 cm³/mol. The number of benzene rings is 1. The van der Waals surface area contributed by atoms with Gasteiger partial charge in [0.15, 0.2) is 5.82 Å². The van der Waals surface area contributed by atoms with E-state index in [9.17, 15) is 4.79 Å². The molecule has 0 unspecified atom stereocenters. The SMILES string of the molecule is O=C(NCCO)Nc1nc(-c2ccccc2)ns1. The average Bonchev–Trinajstić information content (AvgIpc) is 2.86. The van der Waals surface area contributed by atoms with E-state index in [0.717, 1.165) is 17.1 Å². The van der Waals surface area contributed by atoms with Crippen molar-refractivity contribution in [1.29, 1.82) is 0 Å². The smallest absolute Gasteiger partial charge is 0.321 e. The number of nitrogens with one attached hydrogen (secondary N) is 2. The number of carbonyl (C=O) groups excluding carboxylic acids is 1. The molecular weight excluding hydrogens is 252 g/mol. The third-order valence-electron chi connectivity index (χ3n) is 2.08. The van der Waals surface area contributed by atoms with Crippen molar-refractivity contribution in [1.82, 2.24) is 14.7 Å². The van der Waals surface area contributed by atoms with E-state index in [4.69, 9.17) is 5.11 Å². The number of hydrogen-bond donors (Lipinski definition) is 3. The summed E-state index contributed by atoms with van der Waals surface area (Å²) in [5.41, 5.74) is 0.901. The minimum absolute atomic E-state index is 0.0984. The van der Waals surface area contributed by atoms with Gasteiger partial charge in [-0.2, -0.15) is 9.36 Å². The standard InChI is InChI=1S/C11H12N4O2S/c16-7-6-12-10(17)14-11-13-9(15-18-11)8-4-2-1-3-5-8/h1-5,16H,6-7H2,(H2,12,13,14,15,17). The molecule has 0 saturated carbocycles. The van der Waals surface area contributed by atoms with Crippen LogP contribution in [0.15, 0.2) is 30.3 Å². The Balaban J connectivity index is 2.00. The Hall–Kier alpha value is -1.99. The molecule has 1 heterocycles. The van der Waals surface area contributed by atoms with Crippen LogP contribution in [-0.2, 0) is 0 Å². The number of aliphatic hydroxyl groups excluding tert-OH is 1. The Morgan fingerprint density at radius 1 is 1.33 bits per heavy atom. The van der Waals surface area contributed by atoms with E-state index in [-0.39, 0.29) is 13.2 Å². The van der Waals surface area contributed by atoms with Gasteiger partial charge in [-0.3, -0.25) is 5.32 Å². The molecule has 0 radical (unpaired) electrons. The minimum atomic E-state index is -0.403. The summed E-state index contributed by atoms with van der Waals surface area (Å²) in [5.74, 6) is 0.582. The Labute approximate surface area is 108 Å². The van der Waals surface area contributed by atoms with Gasteiger partial charge in [-0.15, -0.1) is 0 Å². The topological polar surface area (TPSA) is 87.1 Å². The van der Waals surface area contributed by atoms with Crippen molar-refractivity contribution in [3.8, 4) is 11.4 Å². The second kappa shape index (κ2) is 6.08. The summed E-state index contributed by atoms with van der Waals surface area (Å²) in [6.45, 7) is 0.106. The van der Waals surface area contributed by atoms with Crippen LogP contribution >= 0.6 is 11.5 Å². The number of carbonyl (C=O) groups is 1. The molecule has 2 amide bonds. The lowest BCUT2D eigenvalue weighted by molar-refractivity contribution is 0.245. The van der Waals surface area contributed by atoms with E-state index in [2.05, 4.69) is 20.0 Å². The molecule has 18 heavy (non-hydrogen) atoms. The lowest BCUT2D eigenvalue weighted by Gasteiger charge is -2.01. The number of urea groups is 1. The fraction of sp³-hybridized carbons (Fsp3) is 0.182. The van der Waals surface area contributed by atoms with E-state index in [1.807, 2.05) is 30.3 Å². The van der Waals surface area contributed by atoms with Crippen molar-refractivity contribution in [3.63, 3.8) is 0 Å². The van der Waals surface area contributed by atoms with Gasteiger partial charge in [-0.1, -0.05) is 30.3 Å². The number of amides is 2. The van der Waals surface area contributed by atoms with E-state index in [1.54, 1.807) is 0 Å². The molecule has 0 bridgehead atoms. The highest BCUT2D eigenvalue weighted by atomic mass is 32.1. The summed E-state index contributed by atoms with van der Waals surface area (Å²) in [6.07, 6.45) is 0. The molecule has 0 fully saturated rings. The molecule has 0 aliphatic rings. The summed E-state index contributed by atoms with van der Waals surface area (Å²) in [4.78, 5) is 15.5. The maximum Gasteiger partial charge on any atom is 0.321 e. The van der Waals surface area contributed by atoms with Gasteiger partial charge in [-0.05, 0) is 0 Å². The summed E-state index contributed by atoms with van der Waals surface area (Å²) >= 11 is 1.11. The number of anilines is 1. The van der Waals surface area contributed by atoms with E-state index >= 15 is 0 Å². The van der Waals surface area contributed by atoms with Gasteiger partial charge in [0, 0.05) is 23.6 Å². The van der Waals surface area contributed by atoms with Crippen LogP contribution in [-0.4, -0.2) is 33.6 Å². The largest absolute Gasteiger partial charge is 0.395 e. The zero-order chi connectivity index (χ0) is 12.8. The maximum absolute atomic E-state index is 11.3. The highest BCUT2D eigenvalue weighted by Crippen LogP contribution is 2.20. The molecule has 2 rings (SSSR count). The Morgan fingerprint density at radius 3 is 2.83 bits per heavy atom. The summed E-state index contributed by atoms with van der Waals surface area (Å²) in [5, 5.41) is 14.0. The fourth-order valence-electron chi connectivity index (χ4n) is 1.29. The molecule has 1 aromatic carbocycles. The minimum Gasteiger partial charge on any atom is -0.395 e. The molecule has 6 nitrogen and oxygen atoms in total. The van der Waals surface area contributed by atoms with Crippen molar-refractivity contribution < 1.29 is 9.90 Å². The fourth-order valence-corrected chi connectivity index (χ4v) is 1.87. The van der Waals surface area contributed by atoms with Crippen LogP contribution in [0.3, 0.4) is 0 Å². The predicted octanol–water partition coefficient (Wildman–Crippen LogP) is 1.32. The number of nitrogens with zero attached hydrogens (tertiary/aromatic N) is 2. The van der Waals surface area contributed by atoms with Crippen LogP contribution in [0.1, 0.15) is 0 Å². The average molecular weight is 264 g/mol. The summed E-state index contributed by atoms with van der Waals surface area (Å²) < 4.78 is 4.16. The van der Waals surface area contributed by atoms with Crippen molar-refractivity contribution in [2.45, 2.75) is 0 Å². The second-order valence-corrected chi connectivity index (χ2v) is 4.15. The van der Waals surface area contributed by atoms with Gasteiger partial charge in [0.2, 0.25) is 5.13 Å². The first kappa shape index (κ1) is 12.5. The number of aliphatic hydroxyl groups is 1. The number of hydrogen-bond acceptors (Lipinski definition) is 5. The molecule has 0 atom stereocenters. The highest BCUT2D eigenvalue weighted by molar-refractivity contribution is 7.10. The molecule has 2 aromatic rings. The van der Waals surface area contributed by atoms with Crippen molar-refractivity contribution in [2.24, 2.45) is 0 Å². The zero-order valence-corrected chi connectivity index (χ0v) is 10.3. The second-order valence-electron chi connectivity index (χ2n) is 3.39. The lowest BCUT2D eigenvalue weighted by Crippen LogP contribution is -2.30. The van der Waals surface area contributed by atoms with Crippen molar-refractivity contribution in [2.75, 3.05) is 18.5 Å². The molecule has 94 valence electrons. The third-order valence-corrected chi connectivity index (χ3v) is 2.71. The first-order chi connectivity index (χ1) is 8.79. The molecule has 0 spiro atoms. The highest BCUT2D eigenvalue weighted by Gasteiger charge is 2.08. The van der Waals surface area contributed by atoms with Crippen LogP contribution < -0.4 is 10.6 Å². The van der Waals surface area contributed by atoms with Crippen LogP contribution in [0.2, 0.25) is 0 Å². The quantitative estimate of drug-likeness (QED) is 0.777. The number of rotatable bonds is 4. The molecule has 0 aliphatic heterocycles. The van der Waals surface area contributed by atoms with E-state index < -0.39 is 6.03 Å². The maximum atomic E-state index is 11.3. The van der Waals surface area contributed by atoms with Gasteiger partial charge in [0.05, 0.1) is 6.61 Å². The van der Waals surface area contributed by atoms with Crippen molar-refractivity contribution in [3.05, 3.63) is 30.3 Å². The van der Waals surface area contributed by atoms with E-state index in [1.165, 1.54) is 0 Å². The molecule has 3 N–H and O–H groups in total. The zero-order valence-electron chi connectivity index (χ0n) is 9.46. The Morgan fingerprint density at radius 2 is 2.11 bits per heavy atom. The number of aromatic nitrogens is 2. The van der Waals surface area contributed by atoms with Crippen LogP contribution in [0.5, 0.6) is 0 Å².